The number of para-hydroxylation sites is 2. The second kappa shape index (κ2) is 9.97. The van der Waals surface area contributed by atoms with Gasteiger partial charge < -0.3 is 19.5 Å². The normalized spacial score (nSPS) is 11.3. The van der Waals surface area contributed by atoms with E-state index in [2.05, 4.69) is 24.7 Å². The van der Waals surface area contributed by atoms with Crippen molar-refractivity contribution in [2.75, 3.05) is 24.3 Å². The fourth-order valence-electron chi connectivity index (χ4n) is 3.16. The molecule has 0 radical (unpaired) electrons. The van der Waals surface area contributed by atoms with Crippen LogP contribution in [0.25, 0.3) is 11.0 Å². The summed E-state index contributed by atoms with van der Waals surface area (Å²) in [6, 6.07) is 16.6. The van der Waals surface area contributed by atoms with Crippen molar-refractivity contribution >= 4 is 38.4 Å². The van der Waals surface area contributed by atoms with E-state index in [1.165, 1.54) is 14.2 Å². The maximum atomic E-state index is 13.0. The Labute approximate surface area is 199 Å². The van der Waals surface area contributed by atoms with Gasteiger partial charge in [-0.25, -0.2) is 18.4 Å². The summed E-state index contributed by atoms with van der Waals surface area (Å²) < 4.78 is 68.1. The summed E-state index contributed by atoms with van der Waals surface area (Å²) >= 11 is 0. The lowest BCUT2D eigenvalue weighted by atomic mass is 10.2. The van der Waals surface area contributed by atoms with Crippen LogP contribution in [0.3, 0.4) is 0 Å². The second-order valence-electron chi connectivity index (χ2n) is 7.09. The highest BCUT2D eigenvalue weighted by atomic mass is 32.2. The largest absolute Gasteiger partial charge is 0.497 e. The lowest BCUT2D eigenvalue weighted by Crippen LogP contribution is -2.16. The van der Waals surface area contributed by atoms with Gasteiger partial charge in [0.25, 0.3) is 10.0 Å². The molecule has 0 atom stereocenters. The van der Waals surface area contributed by atoms with Crippen LogP contribution in [0.5, 0.6) is 17.2 Å². The lowest BCUT2D eigenvalue weighted by molar-refractivity contribution is -0.0498. The Morgan fingerprint density at radius 3 is 1.91 bits per heavy atom. The predicted molar refractivity (Wildman–Crippen MR) is 126 cm³/mol. The first-order valence-electron chi connectivity index (χ1n) is 10.1. The van der Waals surface area contributed by atoms with Gasteiger partial charge in [0.05, 0.1) is 30.1 Å². The van der Waals surface area contributed by atoms with Crippen molar-refractivity contribution in [1.82, 2.24) is 9.97 Å². The molecular weight excluding hydrogens is 482 g/mol. The third kappa shape index (κ3) is 5.66. The number of nitrogens with zero attached hydrogens (tertiary/aromatic N) is 2. The minimum Gasteiger partial charge on any atom is -0.497 e. The number of aromatic nitrogens is 2. The van der Waals surface area contributed by atoms with E-state index in [-0.39, 0.29) is 22.3 Å². The van der Waals surface area contributed by atoms with Gasteiger partial charge in [0.1, 0.15) is 17.2 Å². The third-order valence-electron chi connectivity index (χ3n) is 4.77. The standard InChI is InChI=1S/C23H20F2N4O5S/c1-32-16-11-14(12-17(13-16)33-2)26-21-22(28-20-6-4-3-5-19(20)27-21)29-35(30,31)18-9-7-15(8-10-18)34-23(24)25/h3-13,23H,1-2H3,(H,26,27)(H,28,29). The first kappa shape index (κ1) is 24.0. The number of hydrogen-bond acceptors (Lipinski definition) is 8. The zero-order valence-corrected chi connectivity index (χ0v) is 19.3. The number of nitrogens with one attached hydrogen (secondary N) is 2. The molecule has 0 amide bonds. The van der Waals surface area contributed by atoms with Gasteiger partial charge in [0.15, 0.2) is 11.6 Å². The Morgan fingerprint density at radius 2 is 1.37 bits per heavy atom. The van der Waals surface area contributed by atoms with Crippen LogP contribution in [-0.2, 0) is 10.0 Å². The van der Waals surface area contributed by atoms with Crippen molar-refractivity contribution in [3.63, 3.8) is 0 Å². The molecule has 0 unspecified atom stereocenters. The molecule has 182 valence electrons. The zero-order valence-electron chi connectivity index (χ0n) is 18.5. The Kier molecular flexibility index (Phi) is 6.82. The molecule has 2 N–H and O–H groups in total. The van der Waals surface area contributed by atoms with Gasteiger partial charge in [-0.2, -0.15) is 8.78 Å². The molecule has 12 heteroatoms. The molecular formula is C23H20F2N4O5S. The van der Waals surface area contributed by atoms with Crippen molar-refractivity contribution in [2.45, 2.75) is 11.5 Å². The second-order valence-corrected chi connectivity index (χ2v) is 8.77. The van der Waals surface area contributed by atoms with Crippen LogP contribution < -0.4 is 24.2 Å². The summed E-state index contributed by atoms with van der Waals surface area (Å²) in [4.78, 5) is 8.77. The topological polar surface area (TPSA) is 112 Å². The SMILES string of the molecule is COc1cc(Nc2nc3ccccc3nc2NS(=O)(=O)c2ccc(OC(F)F)cc2)cc(OC)c1. The van der Waals surface area contributed by atoms with Gasteiger partial charge in [-0.05, 0) is 36.4 Å². The van der Waals surface area contributed by atoms with Gasteiger partial charge in [0.2, 0.25) is 0 Å². The average Bonchev–Trinajstić information content (AvgIpc) is 2.84. The Morgan fingerprint density at radius 1 is 0.800 bits per heavy atom. The predicted octanol–water partition coefficient (Wildman–Crippen LogP) is 4.79. The van der Waals surface area contributed by atoms with Crippen LogP contribution in [-0.4, -0.2) is 39.2 Å². The Bertz CT molecular complexity index is 1430. The lowest BCUT2D eigenvalue weighted by Gasteiger charge is -2.15. The molecule has 0 aliphatic rings. The van der Waals surface area contributed by atoms with E-state index in [9.17, 15) is 17.2 Å². The number of methoxy groups -OCH3 is 2. The Hall–Kier alpha value is -4.19. The van der Waals surface area contributed by atoms with E-state index in [0.29, 0.717) is 28.2 Å². The zero-order chi connectivity index (χ0) is 25.0. The third-order valence-corrected chi connectivity index (χ3v) is 6.13. The van der Waals surface area contributed by atoms with E-state index in [1.807, 2.05) is 0 Å². The highest BCUT2D eigenvalue weighted by Gasteiger charge is 2.20. The first-order valence-corrected chi connectivity index (χ1v) is 11.6. The summed E-state index contributed by atoms with van der Waals surface area (Å²) in [5.74, 6) is 0.903. The van der Waals surface area contributed by atoms with E-state index in [4.69, 9.17) is 9.47 Å². The highest BCUT2D eigenvalue weighted by Crippen LogP contribution is 2.31. The monoisotopic (exact) mass is 502 g/mol. The summed E-state index contributed by atoms with van der Waals surface area (Å²) in [7, 11) is -1.14. The maximum Gasteiger partial charge on any atom is 0.387 e. The van der Waals surface area contributed by atoms with Gasteiger partial charge in [0, 0.05) is 23.9 Å². The van der Waals surface area contributed by atoms with Gasteiger partial charge in [-0.3, -0.25) is 4.72 Å². The van der Waals surface area contributed by atoms with Crippen LogP contribution >= 0.6 is 0 Å². The number of ether oxygens (including phenoxy) is 3. The molecule has 0 bridgehead atoms. The summed E-state index contributed by atoms with van der Waals surface area (Å²) in [5, 5.41) is 3.05. The first-order chi connectivity index (χ1) is 16.8. The fraction of sp³-hybridized carbons (Fsp3) is 0.130. The highest BCUT2D eigenvalue weighted by molar-refractivity contribution is 7.92. The molecule has 35 heavy (non-hydrogen) atoms. The number of sulfonamides is 1. The van der Waals surface area contributed by atoms with Crippen molar-refractivity contribution < 1.29 is 31.4 Å². The van der Waals surface area contributed by atoms with Gasteiger partial charge in [-0.15, -0.1) is 0 Å². The van der Waals surface area contributed by atoms with E-state index in [0.717, 1.165) is 24.3 Å². The van der Waals surface area contributed by atoms with E-state index >= 15 is 0 Å². The molecule has 1 heterocycles. The smallest absolute Gasteiger partial charge is 0.387 e. The minimum atomic E-state index is -4.15. The number of halogens is 2. The number of alkyl halides is 2. The van der Waals surface area contributed by atoms with E-state index in [1.54, 1.807) is 42.5 Å². The molecule has 9 nitrogen and oxygen atoms in total. The van der Waals surface area contributed by atoms with Crippen LogP contribution in [0.2, 0.25) is 0 Å². The van der Waals surface area contributed by atoms with Gasteiger partial charge >= 0.3 is 6.61 Å². The summed E-state index contributed by atoms with van der Waals surface area (Å²) in [6.45, 7) is -3.02. The molecule has 0 saturated carbocycles. The molecule has 0 aliphatic carbocycles. The molecule has 0 aliphatic heterocycles. The molecule has 0 fully saturated rings. The van der Waals surface area contributed by atoms with Crippen molar-refractivity contribution in [3.8, 4) is 17.2 Å². The fourth-order valence-corrected chi connectivity index (χ4v) is 4.17. The molecule has 3 aromatic carbocycles. The van der Waals surface area contributed by atoms with Crippen molar-refractivity contribution in [3.05, 3.63) is 66.7 Å². The van der Waals surface area contributed by atoms with Crippen LogP contribution in [0.1, 0.15) is 0 Å². The molecule has 1 aromatic heterocycles. The maximum absolute atomic E-state index is 13.0. The van der Waals surface area contributed by atoms with Gasteiger partial charge in [-0.1, -0.05) is 12.1 Å². The van der Waals surface area contributed by atoms with Crippen LogP contribution in [0, 0.1) is 0 Å². The van der Waals surface area contributed by atoms with Crippen LogP contribution in [0.15, 0.2) is 71.6 Å². The molecule has 0 spiro atoms. The van der Waals surface area contributed by atoms with Crippen molar-refractivity contribution in [1.29, 1.82) is 0 Å². The average molecular weight is 502 g/mol. The summed E-state index contributed by atoms with van der Waals surface area (Å²) in [5.41, 5.74) is 1.50. The molecule has 4 rings (SSSR count). The Balaban J connectivity index is 1.72. The quantitative estimate of drug-likeness (QED) is 0.336. The van der Waals surface area contributed by atoms with Crippen LogP contribution in [0.4, 0.5) is 26.1 Å². The number of hydrogen-bond donors (Lipinski definition) is 2. The number of fused-ring (bicyclic) bond motifs is 1. The molecule has 4 aromatic rings. The van der Waals surface area contributed by atoms with E-state index < -0.39 is 16.6 Å². The summed E-state index contributed by atoms with van der Waals surface area (Å²) in [6.07, 6.45) is 0. The number of anilines is 3. The molecule has 0 saturated heterocycles. The number of rotatable bonds is 9. The van der Waals surface area contributed by atoms with Crippen molar-refractivity contribution in [2.24, 2.45) is 0 Å². The minimum absolute atomic E-state index is 0.0709. The number of benzene rings is 3.